The Morgan fingerprint density at radius 2 is 1.83 bits per heavy atom. The van der Waals surface area contributed by atoms with Gasteiger partial charge in [0.05, 0.1) is 6.21 Å². The molecule has 0 aliphatic heterocycles. The summed E-state index contributed by atoms with van der Waals surface area (Å²) < 4.78 is 12.1. The van der Waals surface area contributed by atoms with E-state index in [1.54, 1.807) is 12.4 Å². The standard InChI is InChI=1S/C17H20BrN3O2/c1-3-22-17(23-4-2)14-7-5-13(6-8-14)11-20-21-16-10-9-15(18)12-19-16/h5-12,17H,3-4H2,1-2H3,(H,19,21). The third-order valence-corrected chi connectivity index (χ3v) is 3.43. The van der Waals surface area contributed by atoms with E-state index in [1.165, 1.54) is 0 Å². The van der Waals surface area contributed by atoms with E-state index in [0.717, 1.165) is 15.6 Å². The van der Waals surface area contributed by atoms with Gasteiger partial charge < -0.3 is 9.47 Å². The third-order valence-electron chi connectivity index (χ3n) is 2.96. The molecule has 2 aromatic rings. The number of hydrazone groups is 1. The average molecular weight is 378 g/mol. The molecule has 0 saturated carbocycles. The van der Waals surface area contributed by atoms with Gasteiger partial charge in [0.1, 0.15) is 5.82 Å². The van der Waals surface area contributed by atoms with E-state index < -0.39 is 0 Å². The van der Waals surface area contributed by atoms with Crippen molar-refractivity contribution in [1.29, 1.82) is 0 Å². The summed E-state index contributed by atoms with van der Waals surface area (Å²) in [5.41, 5.74) is 4.86. The second-order valence-electron chi connectivity index (χ2n) is 4.64. The predicted octanol–water partition coefficient (Wildman–Crippen LogP) is 4.36. The number of anilines is 1. The minimum Gasteiger partial charge on any atom is -0.349 e. The molecule has 1 aromatic carbocycles. The van der Waals surface area contributed by atoms with E-state index in [9.17, 15) is 0 Å². The minimum absolute atomic E-state index is 0.318. The number of aromatic nitrogens is 1. The molecule has 122 valence electrons. The summed E-state index contributed by atoms with van der Waals surface area (Å²) >= 11 is 3.34. The number of hydrogen-bond acceptors (Lipinski definition) is 5. The number of halogens is 1. The Balaban J connectivity index is 1.95. The van der Waals surface area contributed by atoms with Gasteiger partial charge in [0.15, 0.2) is 6.29 Å². The SMILES string of the molecule is CCOC(OCC)c1ccc(C=NNc2ccc(Br)cn2)cc1. The van der Waals surface area contributed by atoms with Crippen LogP contribution < -0.4 is 5.43 Å². The molecule has 0 bridgehead atoms. The number of ether oxygens (including phenoxy) is 2. The van der Waals surface area contributed by atoms with Crippen LogP contribution in [0.4, 0.5) is 5.82 Å². The normalized spacial score (nSPS) is 11.3. The van der Waals surface area contributed by atoms with Gasteiger partial charge in [-0.1, -0.05) is 24.3 Å². The summed E-state index contributed by atoms with van der Waals surface area (Å²) in [6.07, 6.45) is 3.14. The third kappa shape index (κ3) is 5.74. The Labute approximate surface area is 144 Å². The van der Waals surface area contributed by atoms with Crippen molar-refractivity contribution in [3.63, 3.8) is 0 Å². The monoisotopic (exact) mass is 377 g/mol. The fourth-order valence-electron chi connectivity index (χ4n) is 1.90. The fourth-order valence-corrected chi connectivity index (χ4v) is 2.13. The second-order valence-corrected chi connectivity index (χ2v) is 5.56. The summed E-state index contributed by atoms with van der Waals surface area (Å²) in [7, 11) is 0. The molecule has 1 N–H and O–H groups in total. The van der Waals surface area contributed by atoms with Crippen LogP contribution in [0.2, 0.25) is 0 Å². The molecule has 0 spiro atoms. The summed E-state index contributed by atoms with van der Waals surface area (Å²) in [5, 5.41) is 4.17. The molecular formula is C17H20BrN3O2. The van der Waals surface area contributed by atoms with Crippen molar-refractivity contribution in [3.05, 3.63) is 58.2 Å². The van der Waals surface area contributed by atoms with Crippen LogP contribution in [0.25, 0.3) is 0 Å². The number of benzene rings is 1. The van der Waals surface area contributed by atoms with E-state index in [0.29, 0.717) is 19.0 Å². The topological polar surface area (TPSA) is 55.7 Å². The first-order valence-electron chi connectivity index (χ1n) is 7.46. The maximum atomic E-state index is 5.58. The van der Waals surface area contributed by atoms with E-state index in [1.807, 2.05) is 50.2 Å². The van der Waals surface area contributed by atoms with Crippen molar-refractivity contribution in [2.75, 3.05) is 18.6 Å². The summed E-state index contributed by atoms with van der Waals surface area (Å²) in [6.45, 7) is 5.12. The molecule has 1 aromatic heterocycles. The van der Waals surface area contributed by atoms with Crippen LogP contribution in [0.5, 0.6) is 0 Å². The number of nitrogens with one attached hydrogen (secondary N) is 1. The van der Waals surface area contributed by atoms with Gasteiger partial charge in [-0.25, -0.2) is 4.98 Å². The summed E-state index contributed by atoms with van der Waals surface area (Å²) in [4.78, 5) is 4.18. The van der Waals surface area contributed by atoms with Gasteiger partial charge in [0.25, 0.3) is 0 Å². The molecule has 0 fully saturated rings. The van der Waals surface area contributed by atoms with Crippen LogP contribution in [0.1, 0.15) is 31.3 Å². The van der Waals surface area contributed by atoms with Gasteiger partial charge in [0.2, 0.25) is 0 Å². The minimum atomic E-state index is -0.318. The molecular weight excluding hydrogens is 358 g/mol. The van der Waals surface area contributed by atoms with Crippen molar-refractivity contribution in [1.82, 2.24) is 4.98 Å². The molecule has 0 amide bonds. The lowest BCUT2D eigenvalue weighted by Gasteiger charge is -2.17. The highest BCUT2D eigenvalue weighted by molar-refractivity contribution is 9.10. The maximum absolute atomic E-state index is 5.58. The molecule has 0 unspecified atom stereocenters. The fraction of sp³-hybridized carbons (Fsp3) is 0.294. The first-order valence-corrected chi connectivity index (χ1v) is 8.26. The zero-order valence-corrected chi connectivity index (χ0v) is 14.8. The molecule has 23 heavy (non-hydrogen) atoms. The Morgan fingerprint density at radius 1 is 1.13 bits per heavy atom. The van der Waals surface area contributed by atoms with Crippen molar-refractivity contribution < 1.29 is 9.47 Å². The summed E-state index contributed by atoms with van der Waals surface area (Å²) in [5.74, 6) is 0.689. The van der Waals surface area contributed by atoms with E-state index in [-0.39, 0.29) is 6.29 Å². The lowest BCUT2D eigenvalue weighted by atomic mass is 10.1. The quantitative estimate of drug-likeness (QED) is 0.421. The van der Waals surface area contributed by atoms with Gasteiger partial charge in [-0.3, -0.25) is 5.43 Å². The average Bonchev–Trinajstić information content (AvgIpc) is 2.57. The van der Waals surface area contributed by atoms with Crippen molar-refractivity contribution in [2.24, 2.45) is 5.10 Å². The van der Waals surface area contributed by atoms with Gasteiger partial charge in [-0.15, -0.1) is 0 Å². The van der Waals surface area contributed by atoms with Crippen LogP contribution >= 0.6 is 15.9 Å². The largest absolute Gasteiger partial charge is 0.349 e. The number of rotatable bonds is 8. The van der Waals surface area contributed by atoms with Crippen molar-refractivity contribution in [2.45, 2.75) is 20.1 Å². The first kappa shape index (κ1) is 17.6. The maximum Gasteiger partial charge on any atom is 0.183 e. The lowest BCUT2D eigenvalue weighted by Crippen LogP contribution is -2.08. The second kappa shape index (κ2) is 9.39. The Morgan fingerprint density at radius 3 is 2.39 bits per heavy atom. The van der Waals surface area contributed by atoms with Gasteiger partial charge in [-0.2, -0.15) is 5.10 Å². The lowest BCUT2D eigenvalue weighted by molar-refractivity contribution is -0.140. The highest BCUT2D eigenvalue weighted by atomic mass is 79.9. The first-order chi connectivity index (χ1) is 11.2. The number of nitrogens with zero attached hydrogens (tertiary/aromatic N) is 2. The highest BCUT2D eigenvalue weighted by Gasteiger charge is 2.10. The van der Waals surface area contributed by atoms with Gasteiger partial charge in [0, 0.05) is 29.4 Å². The molecule has 0 aliphatic rings. The molecule has 2 rings (SSSR count). The van der Waals surface area contributed by atoms with Crippen LogP contribution in [0.3, 0.4) is 0 Å². The van der Waals surface area contributed by atoms with Crippen LogP contribution in [0, 0.1) is 0 Å². The molecule has 0 saturated heterocycles. The molecule has 0 radical (unpaired) electrons. The number of hydrogen-bond donors (Lipinski definition) is 1. The van der Waals surface area contributed by atoms with Crippen molar-refractivity contribution >= 4 is 28.0 Å². The van der Waals surface area contributed by atoms with E-state index in [2.05, 4.69) is 31.4 Å². The van der Waals surface area contributed by atoms with Crippen LogP contribution in [0.15, 0.2) is 52.2 Å². The van der Waals surface area contributed by atoms with E-state index >= 15 is 0 Å². The molecule has 1 heterocycles. The van der Waals surface area contributed by atoms with Crippen molar-refractivity contribution in [3.8, 4) is 0 Å². The Hall–Kier alpha value is -1.76. The zero-order valence-electron chi connectivity index (χ0n) is 13.2. The van der Waals surface area contributed by atoms with Gasteiger partial charge >= 0.3 is 0 Å². The smallest absolute Gasteiger partial charge is 0.183 e. The number of pyridine rings is 1. The Bertz CT molecular complexity index is 609. The van der Waals surface area contributed by atoms with Gasteiger partial charge in [-0.05, 0) is 47.5 Å². The summed E-state index contributed by atoms with van der Waals surface area (Å²) in [6, 6.07) is 11.7. The molecule has 0 aliphatic carbocycles. The van der Waals surface area contributed by atoms with Crippen LogP contribution in [-0.4, -0.2) is 24.4 Å². The zero-order chi connectivity index (χ0) is 16.5. The van der Waals surface area contributed by atoms with E-state index in [4.69, 9.17) is 9.47 Å². The predicted molar refractivity (Wildman–Crippen MR) is 95.6 cm³/mol. The Kier molecular flexibility index (Phi) is 7.19. The van der Waals surface area contributed by atoms with Crippen LogP contribution in [-0.2, 0) is 9.47 Å². The molecule has 5 nitrogen and oxygen atoms in total. The highest BCUT2D eigenvalue weighted by Crippen LogP contribution is 2.19. The molecule has 6 heteroatoms. The molecule has 0 atom stereocenters.